The molecule has 1 amide bonds. The molecule has 2 aliphatic heterocycles. The third-order valence-electron chi connectivity index (χ3n) is 6.23. The third-order valence-corrected chi connectivity index (χ3v) is 6.23. The number of carbonyl (C=O) groups is 1. The Bertz CT molecular complexity index is 698. The summed E-state index contributed by atoms with van der Waals surface area (Å²) in [5.74, 6) is 1.27. The molecule has 0 spiro atoms. The molecule has 2 aliphatic rings. The minimum Gasteiger partial charge on any atom is -0.352 e. The highest BCUT2D eigenvalue weighted by molar-refractivity contribution is 5.80. The van der Waals surface area contributed by atoms with Crippen LogP contribution < -0.4 is 5.32 Å². The second kappa shape index (κ2) is 9.44. The summed E-state index contributed by atoms with van der Waals surface area (Å²) >= 11 is 0. The van der Waals surface area contributed by atoms with Gasteiger partial charge in [-0.15, -0.1) is 0 Å². The minimum absolute atomic E-state index is 0.280. The van der Waals surface area contributed by atoms with E-state index in [2.05, 4.69) is 53.3 Å². The summed E-state index contributed by atoms with van der Waals surface area (Å²) in [5, 5.41) is 3.58. The Labute approximate surface area is 170 Å². The summed E-state index contributed by atoms with van der Waals surface area (Å²) in [7, 11) is 1.88. The lowest BCUT2D eigenvalue weighted by Crippen LogP contribution is -2.49. The highest BCUT2D eigenvalue weighted by atomic mass is 16.2. The summed E-state index contributed by atoms with van der Waals surface area (Å²) in [4.78, 5) is 21.0. The monoisotopic (exact) mass is 384 g/mol. The Morgan fingerprint density at radius 3 is 2.68 bits per heavy atom. The van der Waals surface area contributed by atoms with Gasteiger partial charge in [0.2, 0.25) is 5.91 Å². The first-order valence-corrected chi connectivity index (χ1v) is 10.8. The fourth-order valence-corrected chi connectivity index (χ4v) is 4.77. The highest BCUT2D eigenvalue weighted by Gasteiger charge is 2.31. The van der Waals surface area contributed by atoms with Gasteiger partial charge in [-0.2, -0.15) is 0 Å². The first kappa shape index (κ1) is 20.7. The Balaban J connectivity index is 1.63. The lowest BCUT2D eigenvalue weighted by Gasteiger charge is -2.42. The van der Waals surface area contributed by atoms with Crippen LogP contribution in [0, 0.1) is 5.41 Å². The topological polar surface area (TPSA) is 47.9 Å². The number of rotatable bonds is 6. The number of guanidine groups is 1. The smallest absolute Gasteiger partial charge is 0.222 e. The Morgan fingerprint density at radius 1 is 1.21 bits per heavy atom. The molecular formula is C23H36N4O. The van der Waals surface area contributed by atoms with Crippen molar-refractivity contribution in [3.63, 3.8) is 0 Å². The van der Waals surface area contributed by atoms with E-state index in [0.29, 0.717) is 18.4 Å². The molecule has 0 saturated carbocycles. The number of likely N-dealkylation sites (tertiary alicyclic amines) is 2. The van der Waals surface area contributed by atoms with E-state index in [1.54, 1.807) is 0 Å². The quantitative estimate of drug-likeness (QED) is 0.600. The number of benzene rings is 1. The van der Waals surface area contributed by atoms with Gasteiger partial charge in [-0.05, 0) is 42.2 Å². The van der Waals surface area contributed by atoms with Crippen LogP contribution in [0.25, 0.3) is 0 Å². The van der Waals surface area contributed by atoms with E-state index in [9.17, 15) is 4.79 Å². The number of hydrogen-bond donors (Lipinski definition) is 1. The zero-order valence-corrected chi connectivity index (χ0v) is 17.8. The van der Waals surface area contributed by atoms with E-state index in [1.807, 2.05) is 11.9 Å². The SMILES string of the molecule is CCCC1(C)CCCN(C(=NC)NCc2ccccc2CN2CCCC2=O)C1. The van der Waals surface area contributed by atoms with Crippen molar-refractivity contribution in [2.45, 2.75) is 65.5 Å². The molecule has 0 aromatic heterocycles. The van der Waals surface area contributed by atoms with Crippen LogP contribution in [-0.2, 0) is 17.9 Å². The predicted octanol–water partition coefficient (Wildman–Crippen LogP) is 3.79. The van der Waals surface area contributed by atoms with Crippen molar-refractivity contribution in [3.05, 3.63) is 35.4 Å². The van der Waals surface area contributed by atoms with Crippen LogP contribution in [0.4, 0.5) is 0 Å². The van der Waals surface area contributed by atoms with Crippen molar-refractivity contribution in [1.29, 1.82) is 0 Å². The maximum absolute atomic E-state index is 12.0. The predicted molar refractivity (Wildman–Crippen MR) is 115 cm³/mol. The van der Waals surface area contributed by atoms with Crippen LogP contribution in [-0.4, -0.2) is 48.3 Å². The van der Waals surface area contributed by atoms with E-state index in [1.165, 1.54) is 36.8 Å². The minimum atomic E-state index is 0.280. The van der Waals surface area contributed by atoms with Gasteiger partial charge in [0.25, 0.3) is 0 Å². The summed E-state index contributed by atoms with van der Waals surface area (Å²) in [6, 6.07) is 8.45. The van der Waals surface area contributed by atoms with E-state index >= 15 is 0 Å². The molecule has 154 valence electrons. The van der Waals surface area contributed by atoms with Gasteiger partial charge in [0.05, 0.1) is 0 Å². The van der Waals surface area contributed by atoms with E-state index in [4.69, 9.17) is 0 Å². The fraction of sp³-hybridized carbons (Fsp3) is 0.652. The van der Waals surface area contributed by atoms with Gasteiger partial charge in [-0.1, -0.05) is 44.5 Å². The van der Waals surface area contributed by atoms with Gasteiger partial charge < -0.3 is 15.1 Å². The first-order valence-electron chi connectivity index (χ1n) is 10.8. The Kier molecular flexibility index (Phi) is 6.97. The molecule has 1 unspecified atom stereocenters. The molecule has 0 bridgehead atoms. The average Bonchev–Trinajstić information content (AvgIpc) is 3.08. The van der Waals surface area contributed by atoms with Gasteiger partial charge in [0.15, 0.2) is 5.96 Å². The third kappa shape index (κ3) is 5.06. The summed E-state index contributed by atoms with van der Waals surface area (Å²) < 4.78 is 0. The number of aliphatic imine (C=N–C) groups is 1. The molecule has 1 aromatic rings. The van der Waals surface area contributed by atoms with Crippen molar-refractivity contribution in [2.24, 2.45) is 10.4 Å². The molecule has 5 heteroatoms. The fourth-order valence-electron chi connectivity index (χ4n) is 4.77. The normalized spacial score (nSPS) is 23.4. The molecule has 1 N–H and O–H groups in total. The van der Waals surface area contributed by atoms with Crippen LogP contribution in [0.15, 0.2) is 29.3 Å². The van der Waals surface area contributed by atoms with Crippen molar-refractivity contribution >= 4 is 11.9 Å². The van der Waals surface area contributed by atoms with Gasteiger partial charge in [-0.3, -0.25) is 9.79 Å². The molecule has 2 fully saturated rings. The Morgan fingerprint density at radius 2 is 2.00 bits per heavy atom. The first-order chi connectivity index (χ1) is 13.5. The van der Waals surface area contributed by atoms with Gasteiger partial charge in [-0.25, -0.2) is 0 Å². The average molecular weight is 385 g/mol. The summed E-state index contributed by atoms with van der Waals surface area (Å²) in [6.45, 7) is 9.18. The van der Waals surface area contributed by atoms with Gasteiger partial charge in [0, 0.05) is 46.2 Å². The molecule has 5 nitrogen and oxygen atoms in total. The molecule has 1 aromatic carbocycles. The molecule has 0 aliphatic carbocycles. The van der Waals surface area contributed by atoms with Crippen LogP contribution in [0.2, 0.25) is 0 Å². The van der Waals surface area contributed by atoms with E-state index in [0.717, 1.165) is 38.6 Å². The molecule has 28 heavy (non-hydrogen) atoms. The second-order valence-corrected chi connectivity index (χ2v) is 8.67. The van der Waals surface area contributed by atoms with Crippen molar-refractivity contribution < 1.29 is 4.79 Å². The number of hydrogen-bond acceptors (Lipinski definition) is 2. The van der Waals surface area contributed by atoms with E-state index < -0.39 is 0 Å². The molecular weight excluding hydrogens is 348 g/mol. The number of nitrogens with zero attached hydrogens (tertiary/aromatic N) is 3. The maximum Gasteiger partial charge on any atom is 0.222 e. The van der Waals surface area contributed by atoms with Crippen LogP contribution in [0.3, 0.4) is 0 Å². The molecule has 0 radical (unpaired) electrons. The zero-order chi connectivity index (χ0) is 20.0. The van der Waals surface area contributed by atoms with Crippen LogP contribution in [0.5, 0.6) is 0 Å². The largest absolute Gasteiger partial charge is 0.352 e. The summed E-state index contributed by atoms with van der Waals surface area (Å²) in [5.41, 5.74) is 2.87. The number of carbonyl (C=O) groups excluding carboxylic acids is 1. The van der Waals surface area contributed by atoms with Gasteiger partial charge in [0.1, 0.15) is 0 Å². The van der Waals surface area contributed by atoms with Crippen molar-refractivity contribution in [1.82, 2.24) is 15.1 Å². The number of amides is 1. The number of nitrogens with one attached hydrogen (secondary N) is 1. The lowest BCUT2D eigenvalue weighted by atomic mass is 9.78. The zero-order valence-electron chi connectivity index (χ0n) is 17.8. The molecule has 2 saturated heterocycles. The van der Waals surface area contributed by atoms with E-state index in [-0.39, 0.29) is 5.91 Å². The highest BCUT2D eigenvalue weighted by Crippen LogP contribution is 2.34. The van der Waals surface area contributed by atoms with Crippen molar-refractivity contribution in [2.75, 3.05) is 26.7 Å². The molecule has 1 atom stereocenters. The molecule has 3 rings (SSSR count). The van der Waals surface area contributed by atoms with Crippen LogP contribution in [0.1, 0.15) is 63.5 Å². The number of piperidine rings is 1. The summed E-state index contributed by atoms with van der Waals surface area (Å²) in [6.07, 6.45) is 6.72. The lowest BCUT2D eigenvalue weighted by molar-refractivity contribution is -0.128. The van der Waals surface area contributed by atoms with Gasteiger partial charge >= 0.3 is 0 Å². The van der Waals surface area contributed by atoms with Crippen LogP contribution >= 0.6 is 0 Å². The maximum atomic E-state index is 12.0. The Hall–Kier alpha value is -2.04. The second-order valence-electron chi connectivity index (χ2n) is 8.67. The standard InChI is InChI=1S/C23H36N4O/c1-4-12-23(2)13-8-15-27(18-23)22(24-3)25-16-19-9-5-6-10-20(19)17-26-14-7-11-21(26)28/h5-6,9-10H,4,7-8,11-18H2,1-3H3,(H,24,25). The van der Waals surface area contributed by atoms with Crippen molar-refractivity contribution in [3.8, 4) is 0 Å². The molecule has 2 heterocycles.